The number of methoxy groups -OCH3 is 1. The average molecular weight is 278 g/mol. The van der Waals surface area contributed by atoms with Gasteiger partial charge in [-0.05, 0) is 39.7 Å². The van der Waals surface area contributed by atoms with Crippen molar-refractivity contribution in [1.82, 2.24) is 14.9 Å². The second-order valence-electron chi connectivity index (χ2n) is 5.52. The number of aromatic nitrogens is 2. The largest absolute Gasteiger partial charge is 0.481 e. The predicted molar refractivity (Wildman–Crippen MR) is 81.3 cm³/mol. The van der Waals surface area contributed by atoms with Gasteiger partial charge in [-0.15, -0.1) is 0 Å². The second-order valence-corrected chi connectivity index (χ2v) is 5.52. The first-order valence-corrected chi connectivity index (χ1v) is 7.56. The number of nitrogens with zero attached hydrogens (tertiary/aromatic N) is 3. The predicted octanol–water partition coefficient (Wildman–Crippen LogP) is 2.47. The summed E-state index contributed by atoms with van der Waals surface area (Å²) in [5.74, 6) is 1.52. The van der Waals surface area contributed by atoms with Crippen molar-refractivity contribution in [3.05, 3.63) is 11.9 Å². The summed E-state index contributed by atoms with van der Waals surface area (Å²) in [7, 11) is 1.64. The van der Waals surface area contributed by atoms with E-state index in [9.17, 15) is 0 Å². The Morgan fingerprint density at radius 3 is 3.00 bits per heavy atom. The molecule has 1 aliphatic heterocycles. The minimum atomic E-state index is 0.646. The molecule has 1 N–H and O–H groups in total. The van der Waals surface area contributed by atoms with E-state index in [1.807, 2.05) is 6.92 Å². The molecule has 1 atom stereocenters. The van der Waals surface area contributed by atoms with E-state index in [2.05, 4.69) is 27.1 Å². The van der Waals surface area contributed by atoms with Crippen LogP contribution < -0.4 is 10.1 Å². The highest BCUT2D eigenvalue weighted by atomic mass is 16.5. The third-order valence-electron chi connectivity index (χ3n) is 4.09. The SMILES string of the molecule is COc1ncnc(NCCCN2CCCCC2C)c1C. The number of nitrogens with one attached hydrogen (secondary N) is 1. The van der Waals surface area contributed by atoms with Crippen LogP contribution in [0.25, 0.3) is 0 Å². The summed E-state index contributed by atoms with van der Waals surface area (Å²) in [4.78, 5) is 11.0. The molecule has 1 unspecified atom stereocenters. The van der Waals surface area contributed by atoms with Crippen LogP contribution in [0.2, 0.25) is 0 Å². The van der Waals surface area contributed by atoms with Crippen molar-refractivity contribution >= 4 is 5.82 Å². The summed E-state index contributed by atoms with van der Waals surface area (Å²) < 4.78 is 5.20. The summed E-state index contributed by atoms with van der Waals surface area (Å²) in [6, 6.07) is 0.740. The number of ether oxygens (including phenoxy) is 1. The molecule has 0 radical (unpaired) electrons. The first-order chi connectivity index (χ1) is 9.72. The molecule has 0 bridgehead atoms. The molecule has 2 rings (SSSR count). The summed E-state index contributed by atoms with van der Waals surface area (Å²) in [5.41, 5.74) is 0.973. The molecule has 1 fully saturated rings. The maximum absolute atomic E-state index is 5.20. The Morgan fingerprint density at radius 1 is 1.40 bits per heavy atom. The first kappa shape index (κ1) is 15.0. The van der Waals surface area contributed by atoms with E-state index in [-0.39, 0.29) is 0 Å². The van der Waals surface area contributed by atoms with Crippen LogP contribution in [0, 0.1) is 6.92 Å². The van der Waals surface area contributed by atoms with Crippen LogP contribution in [-0.2, 0) is 0 Å². The fourth-order valence-corrected chi connectivity index (χ4v) is 2.80. The molecule has 0 amide bonds. The van der Waals surface area contributed by atoms with Gasteiger partial charge in [0.25, 0.3) is 0 Å². The normalized spacial score (nSPS) is 19.9. The molecule has 0 aliphatic carbocycles. The minimum Gasteiger partial charge on any atom is -0.481 e. The summed E-state index contributed by atoms with van der Waals surface area (Å²) in [5, 5.41) is 3.38. The van der Waals surface area contributed by atoms with Gasteiger partial charge in [-0.1, -0.05) is 6.42 Å². The maximum atomic E-state index is 5.20. The van der Waals surface area contributed by atoms with Crippen LogP contribution in [0.1, 0.15) is 38.2 Å². The molecule has 1 saturated heterocycles. The lowest BCUT2D eigenvalue weighted by atomic mass is 10.0. The highest BCUT2D eigenvalue weighted by molar-refractivity contribution is 5.47. The molecule has 5 heteroatoms. The molecule has 20 heavy (non-hydrogen) atoms. The monoisotopic (exact) mass is 278 g/mol. The molecule has 1 aromatic rings. The maximum Gasteiger partial charge on any atom is 0.221 e. The Hall–Kier alpha value is -1.36. The Kier molecular flexibility index (Phi) is 5.59. The van der Waals surface area contributed by atoms with Gasteiger partial charge in [0.05, 0.1) is 12.7 Å². The number of hydrogen-bond acceptors (Lipinski definition) is 5. The summed E-state index contributed by atoms with van der Waals surface area (Å²) in [6.45, 7) is 7.67. The zero-order chi connectivity index (χ0) is 14.4. The van der Waals surface area contributed by atoms with Gasteiger partial charge in [0.15, 0.2) is 0 Å². The lowest BCUT2D eigenvalue weighted by Crippen LogP contribution is -2.38. The Morgan fingerprint density at radius 2 is 2.25 bits per heavy atom. The van der Waals surface area contributed by atoms with Crippen molar-refractivity contribution in [1.29, 1.82) is 0 Å². The van der Waals surface area contributed by atoms with Crippen LogP contribution in [0.3, 0.4) is 0 Å². The molecule has 1 aromatic heterocycles. The van der Waals surface area contributed by atoms with Gasteiger partial charge in [0, 0.05) is 19.1 Å². The smallest absolute Gasteiger partial charge is 0.221 e. The van der Waals surface area contributed by atoms with Crippen LogP contribution >= 0.6 is 0 Å². The summed E-state index contributed by atoms with van der Waals surface area (Å²) >= 11 is 0. The molecule has 112 valence electrons. The van der Waals surface area contributed by atoms with Crippen molar-refractivity contribution in [2.24, 2.45) is 0 Å². The number of piperidine rings is 1. The van der Waals surface area contributed by atoms with E-state index in [4.69, 9.17) is 4.74 Å². The van der Waals surface area contributed by atoms with E-state index in [1.54, 1.807) is 13.4 Å². The fourth-order valence-electron chi connectivity index (χ4n) is 2.80. The number of rotatable bonds is 6. The Bertz CT molecular complexity index is 424. The molecule has 0 aromatic carbocycles. The van der Waals surface area contributed by atoms with Gasteiger partial charge >= 0.3 is 0 Å². The molecule has 0 spiro atoms. The van der Waals surface area contributed by atoms with Gasteiger partial charge in [-0.3, -0.25) is 0 Å². The van der Waals surface area contributed by atoms with E-state index in [0.717, 1.165) is 36.9 Å². The molecule has 5 nitrogen and oxygen atoms in total. The quantitative estimate of drug-likeness (QED) is 0.810. The van der Waals surface area contributed by atoms with Gasteiger partial charge < -0.3 is 15.0 Å². The summed E-state index contributed by atoms with van der Waals surface area (Å²) in [6.07, 6.45) is 6.75. The van der Waals surface area contributed by atoms with Gasteiger partial charge in [-0.2, -0.15) is 0 Å². The van der Waals surface area contributed by atoms with E-state index in [0.29, 0.717) is 5.88 Å². The van der Waals surface area contributed by atoms with Crippen LogP contribution in [0.15, 0.2) is 6.33 Å². The Labute approximate surface area is 121 Å². The van der Waals surface area contributed by atoms with Crippen LogP contribution in [0.5, 0.6) is 5.88 Å². The van der Waals surface area contributed by atoms with Crippen LogP contribution in [0.4, 0.5) is 5.82 Å². The van der Waals surface area contributed by atoms with Gasteiger partial charge in [-0.25, -0.2) is 9.97 Å². The fraction of sp³-hybridized carbons (Fsp3) is 0.733. The number of hydrogen-bond donors (Lipinski definition) is 1. The molecular weight excluding hydrogens is 252 g/mol. The lowest BCUT2D eigenvalue weighted by molar-refractivity contribution is 0.160. The van der Waals surface area contributed by atoms with Crippen molar-refractivity contribution in [3.63, 3.8) is 0 Å². The van der Waals surface area contributed by atoms with E-state index >= 15 is 0 Å². The molecule has 0 saturated carbocycles. The third-order valence-corrected chi connectivity index (χ3v) is 4.09. The van der Waals surface area contributed by atoms with Gasteiger partial charge in [0.1, 0.15) is 12.1 Å². The van der Waals surface area contributed by atoms with Crippen LogP contribution in [-0.4, -0.2) is 47.7 Å². The minimum absolute atomic E-state index is 0.646. The third kappa shape index (κ3) is 3.82. The number of likely N-dealkylation sites (tertiary alicyclic amines) is 1. The Balaban J connectivity index is 1.76. The topological polar surface area (TPSA) is 50.3 Å². The first-order valence-electron chi connectivity index (χ1n) is 7.56. The molecular formula is C15H26N4O. The molecule has 1 aliphatic rings. The standard InChI is InChI=1S/C15H26N4O/c1-12-7-4-5-9-19(12)10-6-8-16-14-13(2)15(20-3)18-11-17-14/h11-12H,4-10H2,1-3H3,(H,16,17,18). The van der Waals surface area contributed by atoms with E-state index in [1.165, 1.54) is 25.8 Å². The zero-order valence-corrected chi connectivity index (χ0v) is 12.9. The lowest BCUT2D eigenvalue weighted by Gasteiger charge is -2.33. The van der Waals surface area contributed by atoms with Crippen molar-refractivity contribution in [2.75, 3.05) is 32.1 Å². The second kappa shape index (κ2) is 7.43. The van der Waals surface area contributed by atoms with Crippen molar-refractivity contribution in [3.8, 4) is 5.88 Å². The molecule has 2 heterocycles. The highest BCUT2D eigenvalue weighted by Crippen LogP contribution is 2.20. The van der Waals surface area contributed by atoms with Crippen molar-refractivity contribution < 1.29 is 4.74 Å². The number of anilines is 1. The van der Waals surface area contributed by atoms with Gasteiger partial charge in [0.2, 0.25) is 5.88 Å². The van der Waals surface area contributed by atoms with Crippen molar-refractivity contribution in [2.45, 2.75) is 45.6 Å². The van der Waals surface area contributed by atoms with E-state index < -0.39 is 0 Å². The highest BCUT2D eigenvalue weighted by Gasteiger charge is 2.17. The average Bonchev–Trinajstić information content (AvgIpc) is 2.47. The zero-order valence-electron chi connectivity index (χ0n) is 12.9.